The molecule has 0 bridgehead atoms. The summed E-state index contributed by atoms with van der Waals surface area (Å²) >= 11 is 0. The third-order valence-electron chi connectivity index (χ3n) is 4.02. The van der Waals surface area contributed by atoms with Crippen LogP contribution < -0.4 is 14.8 Å². The molecule has 0 atom stereocenters. The van der Waals surface area contributed by atoms with Crippen LogP contribution in [0.3, 0.4) is 0 Å². The van der Waals surface area contributed by atoms with Crippen molar-refractivity contribution < 1.29 is 14.3 Å². The van der Waals surface area contributed by atoms with E-state index in [0.29, 0.717) is 17.2 Å². The molecule has 0 spiro atoms. The molecule has 28 heavy (non-hydrogen) atoms. The zero-order chi connectivity index (χ0) is 19.9. The number of carbonyl (C=O) groups excluding carboxylic acids is 1. The van der Waals surface area contributed by atoms with E-state index in [1.165, 1.54) is 13.2 Å². The number of nitrogens with one attached hydrogen (secondary N) is 1. The number of aryl methyl sites for hydroxylation is 1. The van der Waals surface area contributed by atoms with Crippen molar-refractivity contribution in [2.24, 2.45) is 0 Å². The molecule has 0 unspecified atom stereocenters. The highest BCUT2D eigenvalue weighted by Crippen LogP contribution is 2.28. The van der Waals surface area contributed by atoms with Crippen molar-refractivity contribution in [3.05, 3.63) is 65.9 Å². The average Bonchev–Trinajstić information content (AvgIpc) is 2.71. The third kappa shape index (κ3) is 4.46. The van der Waals surface area contributed by atoms with Crippen LogP contribution in [0.4, 0.5) is 5.69 Å². The first-order chi connectivity index (χ1) is 13.6. The SMILES string of the molecule is COc1cc(/C=C/C(=O)Nc2cccc3ccc(C)nc23)ccc1OCC#N. The number of fused-ring (bicyclic) bond motifs is 1. The maximum Gasteiger partial charge on any atom is 0.248 e. The number of aromatic nitrogens is 1. The number of rotatable bonds is 6. The zero-order valence-corrected chi connectivity index (χ0v) is 15.6. The van der Waals surface area contributed by atoms with Crippen LogP contribution >= 0.6 is 0 Å². The molecule has 0 radical (unpaired) electrons. The van der Waals surface area contributed by atoms with Gasteiger partial charge >= 0.3 is 0 Å². The molecule has 2 aromatic carbocycles. The molecule has 0 aliphatic rings. The van der Waals surface area contributed by atoms with Crippen molar-refractivity contribution in [2.45, 2.75) is 6.92 Å². The second-order valence-corrected chi connectivity index (χ2v) is 6.01. The highest BCUT2D eigenvalue weighted by molar-refractivity contribution is 6.06. The Bertz CT molecular complexity index is 1080. The maximum atomic E-state index is 12.4. The van der Waals surface area contributed by atoms with Crippen LogP contribution in [0, 0.1) is 18.3 Å². The fourth-order valence-electron chi connectivity index (χ4n) is 2.71. The van der Waals surface area contributed by atoms with E-state index < -0.39 is 0 Å². The first-order valence-corrected chi connectivity index (χ1v) is 8.64. The maximum absolute atomic E-state index is 12.4. The number of hydrogen-bond acceptors (Lipinski definition) is 5. The van der Waals surface area contributed by atoms with Crippen molar-refractivity contribution in [3.63, 3.8) is 0 Å². The first kappa shape index (κ1) is 18.9. The first-order valence-electron chi connectivity index (χ1n) is 8.64. The molecule has 1 heterocycles. The van der Waals surface area contributed by atoms with Gasteiger partial charge in [-0.1, -0.05) is 24.3 Å². The summed E-state index contributed by atoms with van der Waals surface area (Å²) < 4.78 is 10.6. The van der Waals surface area contributed by atoms with E-state index in [2.05, 4.69) is 10.3 Å². The zero-order valence-electron chi connectivity index (χ0n) is 15.6. The number of benzene rings is 2. The molecule has 0 fully saturated rings. The minimum Gasteiger partial charge on any atom is -0.493 e. The number of carbonyl (C=O) groups is 1. The standard InChI is InChI=1S/C22H19N3O3/c1-15-6-9-17-4-3-5-18(22(17)24-15)25-21(26)11-8-16-7-10-19(28-13-12-23)20(14-16)27-2/h3-11,14H,13H2,1-2H3,(H,25,26)/b11-8+. The molecule has 6 heteroatoms. The lowest BCUT2D eigenvalue weighted by Gasteiger charge is -2.09. The van der Waals surface area contributed by atoms with Crippen LogP contribution in [0.5, 0.6) is 11.5 Å². The van der Waals surface area contributed by atoms with Crippen molar-refractivity contribution in [2.75, 3.05) is 19.0 Å². The van der Waals surface area contributed by atoms with Crippen molar-refractivity contribution >= 4 is 28.6 Å². The Morgan fingerprint density at radius 2 is 2.07 bits per heavy atom. The summed E-state index contributed by atoms with van der Waals surface area (Å²) in [6.45, 7) is 1.85. The summed E-state index contributed by atoms with van der Waals surface area (Å²) in [5, 5.41) is 12.5. The molecule has 1 aromatic heterocycles. The van der Waals surface area contributed by atoms with Gasteiger partial charge in [0.2, 0.25) is 5.91 Å². The number of ether oxygens (including phenoxy) is 2. The summed E-state index contributed by atoms with van der Waals surface area (Å²) in [7, 11) is 1.52. The molecular weight excluding hydrogens is 354 g/mol. The Balaban J connectivity index is 1.76. The summed E-state index contributed by atoms with van der Waals surface area (Å²) in [4.78, 5) is 16.9. The van der Waals surface area contributed by atoms with E-state index in [9.17, 15) is 4.79 Å². The predicted molar refractivity (Wildman–Crippen MR) is 108 cm³/mol. The molecule has 3 aromatic rings. The number of pyridine rings is 1. The van der Waals surface area contributed by atoms with E-state index in [4.69, 9.17) is 14.7 Å². The summed E-state index contributed by atoms with van der Waals surface area (Å²) in [5.74, 6) is 0.703. The topological polar surface area (TPSA) is 84.2 Å². The molecule has 0 saturated carbocycles. The van der Waals surface area contributed by atoms with Crippen molar-refractivity contribution in [1.82, 2.24) is 4.98 Å². The number of methoxy groups -OCH3 is 1. The molecular formula is C22H19N3O3. The second-order valence-electron chi connectivity index (χ2n) is 6.01. The van der Waals surface area contributed by atoms with Gasteiger partial charge in [-0.3, -0.25) is 9.78 Å². The van der Waals surface area contributed by atoms with Gasteiger partial charge in [-0.05, 0) is 42.8 Å². The number of hydrogen-bond donors (Lipinski definition) is 1. The van der Waals surface area contributed by atoms with Gasteiger partial charge in [0.25, 0.3) is 0 Å². The average molecular weight is 373 g/mol. The number of nitriles is 1. The van der Waals surface area contributed by atoms with Gasteiger partial charge in [-0.25, -0.2) is 0 Å². The molecule has 1 amide bonds. The molecule has 0 aliphatic carbocycles. The van der Waals surface area contributed by atoms with Crippen LogP contribution in [-0.2, 0) is 4.79 Å². The second kappa shape index (κ2) is 8.69. The minimum atomic E-state index is -0.264. The van der Waals surface area contributed by atoms with E-state index >= 15 is 0 Å². The molecule has 1 N–H and O–H groups in total. The molecule has 0 aliphatic heterocycles. The Hall–Kier alpha value is -3.85. The molecule has 0 saturated heterocycles. The van der Waals surface area contributed by atoms with E-state index in [-0.39, 0.29) is 12.5 Å². The Labute approximate surface area is 163 Å². The lowest BCUT2D eigenvalue weighted by atomic mass is 10.1. The van der Waals surface area contributed by atoms with Crippen molar-refractivity contribution in [1.29, 1.82) is 5.26 Å². The number of anilines is 1. The molecule has 140 valence electrons. The van der Waals surface area contributed by atoms with Crippen molar-refractivity contribution in [3.8, 4) is 17.6 Å². The van der Waals surface area contributed by atoms with E-state index in [1.807, 2.05) is 43.3 Å². The van der Waals surface area contributed by atoms with Gasteiger partial charge in [-0.15, -0.1) is 0 Å². The largest absolute Gasteiger partial charge is 0.493 e. The number of amides is 1. The van der Waals surface area contributed by atoms with Gasteiger partial charge in [0.1, 0.15) is 6.07 Å². The van der Waals surface area contributed by atoms with E-state index in [0.717, 1.165) is 22.2 Å². The monoisotopic (exact) mass is 373 g/mol. The normalized spacial score (nSPS) is 10.6. The van der Waals surface area contributed by atoms with Crippen LogP contribution in [0.2, 0.25) is 0 Å². The van der Waals surface area contributed by atoms with E-state index in [1.54, 1.807) is 24.3 Å². The van der Waals surface area contributed by atoms with Gasteiger partial charge in [-0.2, -0.15) is 5.26 Å². The summed E-state index contributed by atoms with van der Waals surface area (Å²) in [5.41, 5.74) is 3.07. The lowest BCUT2D eigenvalue weighted by molar-refractivity contribution is -0.111. The summed E-state index contributed by atoms with van der Waals surface area (Å²) in [6.07, 6.45) is 3.12. The fourth-order valence-corrected chi connectivity index (χ4v) is 2.71. The molecule has 3 rings (SSSR count). The van der Waals surface area contributed by atoms with Crippen LogP contribution in [0.25, 0.3) is 17.0 Å². The third-order valence-corrected chi connectivity index (χ3v) is 4.02. The number of nitrogens with zero attached hydrogens (tertiary/aromatic N) is 2. The Morgan fingerprint density at radius 3 is 2.86 bits per heavy atom. The highest BCUT2D eigenvalue weighted by atomic mass is 16.5. The summed E-state index contributed by atoms with van der Waals surface area (Å²) in [6, 6.07) is 16.7. The minimum absolute atomic E-state index is 0.0630. The van der Waals surface area contributed by atoms with Crippen LogP contribution in [0.1, 0.15) is 11.3 Å². The Kier molecular flexibility index (Phi) is 5.87. The lowest BCUT2D eigenvalue weighted by Crippen LogP contribution is -2.08. The smallest absolute Gasteiger partial charge is 0.248 e. The fraction of sp³-hybridized carbons (Fsp3) is 0.136. The van der Waals surface area contributed by atoms with Gasteiger partial charge in [0.05, 0.1) is 18.3 Å². The van der Waals surface area contributed by atoms with Gasteiger partial charge < -0.3 is 14.8 Å². The van der Waals surface area contributed by atoms with Crippen LogP contribution in [0.15, 0.2) is 54.6 Å². The van der Waals surface area contributed by atoms with Gasteiger partial charge in [0.15, 0.2) is 18.1 Å². The highest BCUT2D eigenvalue weighted by Gasteiger charge is 2.07. The van der Waals surface area contributed by atoms with Crippen LogP contribution in [-0.4, -0.2) is 24.6 Å². The number of para-hydroxylation sites is 1. The quantitative estimate of drug-likeness (QED) is 0.658. The predicted octanol–water partition coefficient (Wildman–Crippen LogP) is 4.11. The van der Waals surface area contributed by atoms with Gasteiger partial charge in [0, 0.05) is 17.2 Å². The Morgan fingerprint density at radius 1 is 1.21 bits per heavy atom. The molecule has 6 nitrogen and oxygen atoms in total.